The maximum absolute atomic E-state index is 13.2. The molecule has 1 aliphatic heterocycles. The largest absolute Gasteiger partial charge is 0.464 e. The number of ether oxygens (including phenoxy) is 1. The molecular weight excluding hydrogens is 440 g/mol. The number of rotatable bonds is 5. The summed E-state index contributed by atoms with van der Waals surface area (Å²) in [5, 5.41) is 4.17. The summed E-state index contributed by atoms with van der Waals surface area (Å²) in [6.07, 6.45) is 0. The summed E-state index contributed by atoms with van der Waals surface area (Å²) < 4.78 is 4.90. The average Bonchev–Trinajstić information content (AvgIpc) is 3.17. The van der Waals surface area contributed by atoms with E-state index in [0.29, 0.717) is 21.6 Å². The van der Waals surface area contributed by atoms with Gasteiger partial charge in [0.1, 0.15) is 5.69 Å². The number of hydrogen-bond acceptors (Lipinski definition) is 4. The molecule has 0 unspecified atom stereocenters. The molecule has 1 fully saturated rings. The Kier molecular flexibility index (Phi) is 6.63. The van der Waals surface area contributed by atoms with Crippen LogP contribution in [-0.2, 0) is 9.53 Å². The molecule has 1 saturated heterocycles. The van der Waals surface area contributed by atoms with Gasteiger partial charge in [0.15, 0.2) is 6.04 Å². The molecule has 0 spiro atoms. The van der Waals surface area contributed by atoms with Gasteiger partial charge in [-0.1, -0.05) is 23.7 Å². The molecule has 1 aromatic heterocycles. The summed E-state index contributed by atoms with van der Waals surface area (Å²) in [6, 6.07) is 11.4. The van der Waals surface area contributed by atoms with Gasteiger partial charge in [0.2, 0.25) is 0 Å². The molecule has 1 aliphatic rings. The van der Waals surface area contributed by atoms with Crippen molar-refractivity contribution in [1.29, 1.82) is 0 Å². The van der Waals surface area contributed by atoms with Crippen LogP contribution in [0.3, 0.4) is 0 Å². The molecule has 1 atom stereocenters. The Morgan fingerprint density at radius 2 is 1.91 bits per heavy atom. The Bertz CT molecular complexity index is 1200. The predicted octanol–water partition coefficient (Wildman–Crippen LogP) is 2.96. The van der Waals surface area contributed by atoms with E-state index in [2.05, 4.69) is 47.2 Å². The Balaban J connectivity index is 1.49. The molecule has 2 aromatic carbocycles. The standard InChI is InChI=1S/C25H29ClN4O3/c1-15-6-5-7-21(16(15)2)30-12-10-29(11-13-30)17(3)24(31)28-22-19-14-18(26)8-9-20(19)27-23(22)25(32)33-4/h5-9,14,17,27H,10-13H2,1-4H3,(H,28,31)/p+1/t17-/m1/s1. The summed E-state index contributed by atoms with van der Waals surface area (Å²) in [4.78, 5) is 32.2. The molecule has 3 N–H and O–H groups in total. The normalized spacial score (nSPS) is 15.5. The number of piperazine rings is 1. The highest BCUT2D eigenvalue weighted by atomic mass is 35.5. The van der Waals surface area contributed by atoms with E-state index in [0.717, 1.165) is 26.2 Å². The summed E-state index contributed by atoms with van der Waals surface area (Å²) in [7, 11) is 1.31. The van der Waals surface area contributed by atoms with Crippen molar-refractivity contribution in [2.45, 2.75) is 26.8 Å². The van der Waals surface area contributed by atoms with Crippen LogP contribution < -0.4 is 15.1 Å². The number of fused-ring (bicyclic) bond motifs is 1. The highest BCUT2D eigenvalue weighted by Crippen LogP contribution is 2.31. The minimum Gasteiger partial charge on any atom is -0.464 e. The van der Waals surface area contributed by atoms with Crippen LogP contribution in [-0.4, -0.2) is 56.2 Å². The number of aryl methyl sites for hydroxylation is 1. The lowest BCUT2D eigenvalue weighted by atomic mass is 10.1. The minimum absolute atomic E-state index is 0.142. The van der Waals surface area contributed by atoms with E-state index in [1.165, 1.54) is 28.8 Å². The SMILES string of the molecule is COC(=O)c1[nH]c2ccc(Cl)cc2c1NC(=O)[C@@H](C)[NH+]1CCN(c2cccc(C)c2C)CC1. The van der Waals surface area contributed by atoms with Crippen LogP contribution in [0.5, 0.6) is 0 Å². The third kappa shape index (κ3) is 4.56. The molecule has 33 heavy (non-hydrogen) atoms. The summed E-state index contributed by atoms with van der Waals surface area (Å²) in [5.41, 5.74) is 5.19. The van der Waals surface area contributed by atoms with Gasteiger partial charge in [0, 0.05) is 21.6 Å². The van der Waals surface area contributed by atoms with E-state index >= 15 is 0 Å². The van der Waals surface area contributed by atoms with Gasteiger partial charge in [-0.05, 0) is 56.2 Å². The second-order valence-corrected chi connectivity index (χ2v) is 9.07. The summed E-state index contributed by atoms with van der Waals surface area (Å²) in [6.45, 7) is 9.69. The molecule has 2 heterocycles. The third-order valence-electron chi connectivity index (χ3n) is 6.73. The smallest absolute Gasteiger partial charge is 0.356 e. The number of methoxy groups -OCH3 is 1. The predicted molar refractivity (Wildman–Crippen MR) is 132 cm³/mol. The van der Waals surface area contributed by atoms with E-state index in [-0.39, 0.29) is 17.6 Å². The van der Waals surface area contributed by atoms with Crippen LogP contribution >= 0.6 is 11.6 Å². The Labute approximate surface area is 198 Å². The van der Waals surface area contributed by atoms with E-state index in [1.54, 1.807) is 18.2 Å². The van der Waals surface area contributed by atoms with E-state index in [1.807, 2.05) is 6.92 Å². The number of anilines is 2. The fraction of sp³-hybridized carbons (Fsp3) is 0.360. The zero-order valence-corrected chi connectivity index (χ0v) is 20.2. The van der Waals surface area contributed by atoms with Crippen LogP contribution in [0.4, 0.5) is 11.4 Å². The Morgan fingerprint density at radius 1 is 1.18 bits per heavy atom. The molecule has 0 bridgehead atoms. The number of nitrogens with zero attached hydrogens (tertiary/aromatic N) is 1. The first-order chi connectivity index (χ1) is 15.8. The third-order valence-corrected chi connectivity index (χ3v) is 6.96. The highest BCUT2D eigenvalue weighted by molar-refractivity contribution is 6.31. The molecule has 0 saturated carbocycles. The quantitative estimate of drug-likeness (QED) is 0.502. The molecule has 3 aromatic rings. The van der Waals surface area contributed by atoms with Gasteiger partial charge in [0.25, 0.3) is 5.91 Å². The number of carbonyl (C=O) groups excluding carboxylic acids is 2. The monoisotopic (exact) mass is 469 g/mol. The van der Waals surface area contributed by atoms with E-state index < -0.39 is 5.97 Å². The second kappa shape index (κ2) is 9.45. The second-order valence-electron chi connectivity index (χ2n) is 8.63. The van der Waals surface area contributed by atoms with Gasteiger partial charge < -0.3 is 24.8 Å². The van der Waals surface area contributed by atoms with Crippen molar-refractivity contribution in [2.24, 2.45) is 0 Å². The first-order valence-electron chi connectivity index (χ1n) is 11.2. The number of hydrogen-bond donors (Lipinski definition) is 3. The Morgan fingerprint density at radius 3 is 2.61 bits per heavy atom. The molecule has 1 amide bonds. The van der Waals surface area contributed by atoms with Gasteiger partial charge in [0.05, 0.1) is 39.0 Å². The van der Waals surface area contributed by atoms with Crippen molar-refractivity contribution < 1.29 is 19.2 Å². The molecule has 174 valence electrons. The van der Waals surface area contributed by atoms with Crippen LogP contribution in [0.25, 0.3) is 10.9 Å². The zero-order chi connectivity index (χ0) is 23.7. The number of H-pyrrole nitrogens is 1. The van der Waals surface area contributed by atoms with Gasteiger partial charge in [-0.25, -0.2) is 4.79 Å². The van der Waals surface area contributed by atoms with E-state index in [9.17, 15) is 9.59 Å². The van der Waals surface area contributed by atoms with Crippen LogP contribution in [0.15, 0.2) is 36.4 Å². The molecule has 0 radical (unpaired) electrons. The van der Waals surface area contributed by atoms with Gasteiger partial charge in [-0.15, -0.1) is 0 Å². The van der Waals surface area contributed by atoms with Crippen molar-refractivity contribution in [1.82, 2.24) is 4.98 Å². The molecule has 8 heteroatoms. The number of nitrogens with one attached hydrogen (secondary N) is 3. The lowest BCUT2D eigenvalue weighted by Gasteiger charge is -2.36. The van der Waals surface area contributed by atoms with Crippen molar-refractivity contribution in [3.63, 3.8) is 0 Å². The van der Waals surface area contributed by atoms with Crippen LogP contribution in [0.2, 0.25) is 5.02 Å². The summed E-state index contributed by atoms with van der Waals surface area (Å²) >= 11 is 6.17. The van der Waals surface area contributed by atoms with E-state index in [4.69, 9.17) is 16.3 Å². The highest BCUT2D eigenvalue weighted by Gasteiger charge is 2.31. The van der Waals surface area contributed by atoms with Gasteiger partial charge in [-0.3, -0.25) is 4.79 Å². The zero-order valence-electron chi connectivity index (χ0n) is 19.4. The minimum atomic E-state index is -0.542. The Hall–Kier alpha value is -3.03. The first-order valence-corrected chi connectivity index (χ1v) is 11.5. The topological polar surface area (TPSA) is 78.9 Å². The number of benzene rings is 2. The van der Waals surface area contributed by atoms with Crippen LogP contribution in [0.1, 0.15) is 28.5 Å². The van der Waals surface area contributed by atoms with Crippen molar-refractivity contribution in [3.05, 3.63) is 58.2 Å². The van der Waals surface area contributed by atoms with Crippen molar-refractivity contribution >= 4 is 45.8 Å². The molecule has 4 rings (SSSR count). The lowest BCUT2D eigenvalue weighted by molar-refractivity contribution is -0.914. The van der Waals surface area contributed by atoms with Crippen LogP contribution in [0, 0.1) is 13.8 Å². The molecular formula is C25H30ClN4O3+. The number of esters is 1. The number of amides is 1. The average molecular weight is 470 g/mol. The number of carbonyl (C=O) groups is 2. The number of aromatic nitrogens is 1. The number of quaternary nitrogens is 1. The van der Waals surface area contributed by atoms with Crippen molar-refractivity contribution in [2.75, 3.05) is 43.5 Å². The summed E-state index contributed by atoms with van der Waals surface area (Å²) in [5.74, 6) is -0.684. The maximum Gasteiger partial charge on any atom is 0.356 e. The van der Waals surface area contributed by atoms with Gasteiger partial charge in [-0.2, -0.15) is 0 Å². The van der Waals surface area contributed by atoms with Crippen molar-refractivity contribution in [3.8, 4) is 0 Å². The molecule has 7 nitrogen and oxygen atoms in total. The number of halogens is 1. The first kappa shape index (κ1) is 23.1. The maximum atomic E-state index is 13.2. The fourth-order valence-corrected chi connectivity index (χ4v) is 4.68. The number of aromatic amines is 1. The fourth-order valence-electron chi connectivity index (χ4n) is 4.51. The lowest BCUT2D eigenvalue weighted by Crippen LogP contribution is -3.19. The van der Waals surface area contributed by atoms with Gasteiger partial charge >= 0.3 is 5.97 Å². The molecule has 0 aliphatic carbocycles.